The molecule has 3 rings (SSSR count). The van der Waals surface area contributed by atoms with Gasteiger partial charge in [-0.2, -0.15) is 0 Å². The van der Waals surface area contributed by atoms with Crippen LogP contribution in [0.15, 0.2) is 59.5 Å². The predicted octanol–water partition coefficient (Wildman–Crippen LogP) is 5.79. The van der Waals surface area contributed by atoms with Gasteiger partial charge in [-0.1, -0.05) is 65.3 Å². The number of amides is 2. The number of benzene rings is 2. The Hall–Kier alpha value is -2.42. The number of nitrogens with zero attached hydrogens (tertiary/aromatic N) is 2. The first-order chi connectivity index (χ1) is 14.8. The summed E-state index contributed by atoms with van der Waals surface area (Å²) >= 11 is 12.7. The number of para-hydroxylation sites is 2. The Kier molecular flexibility index (Phi) is 7.69. The van der Waals surface area contributed by atoms with Gasteiger partial charge in [-0.05, 0) is 38.1 Å². The third kappa shape index (κ3) is 5.64. The molecule has 0 aromatic heterocycles. The summed E-state index contributed by atoms with van der Waals surface area (Å²) in [7, 11) is 0. The number of hydrogen-bond donors (Lipinski definition) is 0. The molecule has 0 radical (unpaired) electrons. The van der Waals surface area contributed by atoms with E-state index < -0.39 is 29.5 Å². The van der Waals surface area contributed by atoms with Crippen molar-refractivity contribution in [2.45, 2.75) is 42.5 Å². The minimum atomic E-state index is -1.01. The summed E-state index contributed by atoms with van der Waals surface area (Å²) in [6.07, 6.45) is -2.75. The van der Waals surface area contributed by atoms with Gasteiger partial charge in [0.25, 0.3) is 0 Å². The summed E-state index contributed by atoms with van der Waals surface area (Å²) in [5.41, 5.74) is -1.02. The van der Waals surface area contributed by atoms with Crippen LogP contribution in [0.4, 0.5) is 21.0 Å². The summed E-state index contributed by atoms with van der Waals surface area (Å²) in [6.45, 7) is 2.99. The van der Waals surface area contributed by atoms with Crippen LogP contribution in [-0.4, -0.2) is 34.6 Å². The monoisotopic (exact) mass is 482 g/mol. The Bertz CT molecular complexity index is 909. The quantitative estimate of drug-likeness (QED) is 0.396. The molecule has 0 spiro atoms. The number of hydrogen-bond acceptors (Lipinski definition) is 6. The molecule has 1 aliphatic rings. The lowest BCUT2D eigenvalue weighted by atomic mass is 10.2. The number of ether oxygens (including phenoxy) is 2. The number of halogens is 2. The first-order valence-electron chi connectivity index (χ1n) is 9.40. The number of rotatable bonds is 5. The van der Waals surface area contributed by atoms with Crippen LogP contribution in [-0.2, 0) is 14.3 Å². The van der Waals surface area contributed by atoms with E-state index in [0.717, 1.165) is 16.7 Å². The van der Waals surface area contributed by atoms with Crippen molar-refractivity contribution in [2.24, 2.45) is 0 Å². The molecule has 2 amide bonds. The molecule has 7 nitrogen and oxygen atoms in total. The highest BCUT2D eigenvalue weighted by Gasteiger charge is 2.45. The van der Waals surface area contributed by atoms with E-state index in [1.807, 2.05) is 18.2 Å². The minimum Gasteiger partial charge on any atom is -0.430 e. The van der Waals surface area contributed by atoms with E-state index in [0.29, 0.717) is 11.4 Å². The molecule has 2 unspecified atom stereocenters. The lowest BCUT2D eigenvalue weighted by Gasteiger charge is -2.29. The molecule has 164 valence electrons. The van der Waals surface area contributed by atoms with Gasteiger partial charge in [-0.15, -0.1) is 0 Å². The van der Waals surface area contributed by atoms with Gasteiger partial charge in [0.1, 0.15) is 6.17 Å². The highest BCUT2D eigenvalue weighted by Crippen LogP contribution is 2.42. The van der Waals surface area contributed by atoms with Crippen LogP contribution in [0.2, 0.25) is 0 Å². The molecule has 1 aliphatic heterocycles. The van der Waals surface area contributed by atoms with E-state index in [4.69, 9.17) is 32.7 Å². The normalized spacial score (nSPS) is 17.0. The molecule has 0 N–H and O–H groups in total. The molecule has 0 fully saturated rings. The first kappa shape index (κ1) is 23.2. The molecule has 0 saturated heterocycles. The summed E-state index contributed by atoms with van der Waals surface area (Å²) in [5.74, 6) is 0. The lowest BCUT2D eigenvalue weighted by molar-refractivity contribution is -0.111. The highest BCUT2D eigenvalue weighted by atomic mass is 35.5. The number of carbonyl (C=O) groups is 3. The van der Waals surface area contributed by atoms with Crippen molar-refractivity contribution in [3.05, 3.63) is 54.6 Å². The third-order valence-electron chi connectivity index (χ3n) is 4.24. The van der Waals surface area contributed by atoms with Gasteiger partial charge in [0, 0.05) is 4.90 Å². The molecule has 2 aromatic rings. The largest absolute Gasteiger partial charge is 0.430 e. The molecular weight excluding hydrogens is 463 g/mol. The Labute approximate surface area is 194 Å². The lowest BCUT2D eigenvalue weighted by Crippen LogP contribution is -2.50. The van der Waals surface area contributed by atoms with Crippen molar-refractivity contribution < 1.29 is 23.9 Å². The molecule has 2 atom stereocenters. The van der Waals surface area contributed by atoms with Crippen molar-refractivity contribution in [1.82, 2.24) is 0 Å². The molecule has 1 heterocycles. The van der Waals surface area contributed by atoms with Gasteiger partial charge in [0.05, 0.1) is 17.8 Å². The molecule has 10 heteroatoms. The standard InChI is InChI=1S/C21H20Cl2N2O5S/c1-13(22)29-20(27)24-16-10-6-7-11-17(16)25(21(28)30-14(2)23)18(24)12-19(26)31-15-8-4-3-5-9-15/h3-11,13-14,18H,12H2,1-2H3. The van der Waals surface area contributed by atoms with Gasteiger partial charge < -0.3 is 9.47 Å². The average molecular weight is 483 g/mol. The van der Waals surface area contributed by atoms with Gasteiger partial charge in [-0.25, -0.2) is 9.59 Å². The number of fused-ring (bicyclic) bond motifs is 1. The van der Waals surface area contributed by atoms with E-state index in [2.05, 4.69) is 0 Å². The Balaban J connectivity index is 1.95. The van der Waals surface area contributed by atoms with Crippen LogP contribution in [0, 0.1) is 0 Å². The Morgan fingerprint density at radius 2 is 1.32 bits per heavy atom. The summed E-state index contributed by atoms with van der Waals surface area (Å²) in [5, 5.41) is -0.252. The number of anilines is 2. The maximum Gasteiger partial charge on any atom is 0.417 e. The fourth-order valence-corrected chi connectivity index (χ4v) is 4.07. The van der Waals surface area contributed by atoms with Gasteiger partial charge in [0.2, 0.25) is 0 Å². The molecule has 0 aliphatic carbocycles. The topological polar surface area (TPSA) is 76.2 Å². The molecule has 31 heavy (non-hydrogen) atoms. The van der Waals surface area contributed by atoms with Crippen LogP contribution in [0.25, 0.3) is 0 Å². The number of alkyl halides is 2. The zero-order chi connectivity index (χ0) is 22.5. The van der Waals surface area contributed by atoms with Crippen LogP contribution in [0.1, 0.15) is 20.3 Å². The maximum atomic E-state index is 12.9. The van der Waals surface area contributed by atoms with Crippen LogP contribution in [0.5, 0.6) is 0 Å². The number of thioether (sulfide) groups is 1. The second-order valence-corrected chi connectivity index (χ2v) is 8.91. The van der Waals surface area contributed by atoms with Crippen molar-refractivity contribution >= 4 is 63.6 Å². The summed E-state index contributed by atoms with van der Waals surface area (Å²) < 4.78 is 10.3. The predicted molar refractivity (Wildman–Crippen MR) is 121 cm³/mol. The Morgan fingerprint density at radius 1 is 0.871 bits per heavy atom. The van der Waals surface area contributed by atoms with Crippen LogP contribution >= 0.6 is 35.0 Å². The van der Waals surface area contributed by atoms with Crippen LogP contribution < -0.4 is 9.80 Å². The second-order valence-electron chi connectivity index (χ2n) is 6.55. The number of carbonyl (C=O) groups excluding carboxylic acids is 3. The van der Waals surface area contributed by atoms with Gasteiger partial charge >= 0.3 is 12.2 Å². The van der Waals surface area contributed by atoms with E-state index >= 15 is 0 Å². The smallest absolute Gasteiger partial charge is 0.417 e. The molecule has 0 saturated carbocycles. The summed E-state index contributed by atoms with van der Waals surface area (Å²) in [4.78, 5) is 41.8. The highest BCUT2D eigenvalue weighted by molar-refractivity contribution is 8.13. The fourth-order valence-electron chi connectivity index (χ4n) is 3.13. The fraction of sp³-hybridized carbons (Fsp3) is 0.286. The zero-order valence-electron chi connectivity index (χ0n) is 16.7. The first-order valence-corrected chi connectivity index (χ1v) is 11.1. The van der Waals surface area contributed by atoms with E-state index in [-0.39, 0.29) is 11.5 Å². The van der Waals surface area contributed by atoms with Gasteiger partial charge in [0.15, 0.2) is 16.2 Å². The van der Waals surface area contributed by atoms with Crippen molar-refractivity contribution in [2.75, 3.05) is 9.80 Å². The Morgan fingerprint density at radius 3 is 1.77 bits per heavy atom. The van der Waals surface area contributed by atoms with E-state index in [9.17, 15) is 14.4 Å². The third-order valence-corrected chi connectivity index (χ3v) is 5.32. The van der Waals surface area contributed by atoms with E-state index in [1.165, 1.54) is 23.6 Å². The SMILES string of the molecule is CC(Cl)OC(=O)N1c2ccccc2N(C(=O)OC(C)Cl)C1CC(=O)Sc1ccccc1. The average Bonchev–Trinajstić information content (AvgIpc) is 3.01. The molecule has 2 aromatic carbocycles. The van der Waals surface area contributed by atoms with Gasteiger partial charge in [-0.3, -0.25) is 14.6 Å². The van der Waals surface area contributed by atoms with Crippen molar-refractivity contribution in [3.8, 4) is 0 Å². The second kappa shape index (κ2) is 10.3. The summed E-state index contributed by atoms with van der Waals surface area (Å²) in [6, 6.07) is 15.8. The van der Waals surface area contributed by atoms with Crippen molar-refractivity contribution in [1.29, 1.82) is 0 Å². The van der Waals surface area contributed by atoms with Crippen LogP contribution in [0.3, 0.4) is 0 Å². The van der Waals surface area contributed by atoms with E-state index in [1.54, 1.807) is 36.4 Å². The molecular formula is C21H20Cl2N2O5S. The maximum absolute atomic E-state index is 12.9. The molecule has 0 bridgehead atoms. The van der Waals surface area contributed by atoms with Crippen molar-refractivity contribution in [3.63, 3.8) is 0 Å². The zero-order valence-corrected chi connectivity index (χ0v) is 19.1. The minimum absolute atomic E-state index is 0.175.